The van der Waals surface area contributed by atoms with Gasteiger partial charge in [0.15, 0.2) is 0 Å². The van der Waals surface area contributed by atoms with Crippen LogP contribution in [-0.2, 0) is 16.0 Å². The van der Waals surface area contributed by atoms with E-state index >= 15 is 0 Å². The van der Waals surface area contributed by atoms with Crippen LogP contribution in [0.15, 0.2) is 36.5 Å². The average molecular weight is 400 g/mol. The Labute approximate surface area is 167 Å². The van der Waals surface area contributed by atoms with Gasteiger partial charge in [0.1, 0.15) is 0 Å². The van der Waals surface area contributed by atoms with Crippen LogP contribution in [0.2, 0.25) is 0 Å². The molecule has 1 aromatic carbocycles. The first-order valence-corrected chi connectivity index (χ1v) is 8.56. The Hall–Kier alpha value is -1.40. The van der Waals surface area contributed by atoms with Crippen LogP contribution in [0.25, 0.3) is 10.9 Å². The number of piperidine rings is 1. The Morgan fingerprint density at radius 3 is 2.69 bits per heavy atom. The predicted octanol–water partition coefficient (Wildman–Crippen LogP) is 2.75. The molecule has 26 heavy (non-hydrogen) atoms. The number of fused-ring (bicyclic) bond motifs is 1. The van der Waals surface area contributed by atoms with Crippen molar-refractivity contribution in [2.24, 2.45) is 5.41 Å². The van der Waals surface area contributed by atoms with E-state index in [0.29, 0.717) is 13.2 Å². The number of benzene rings is 1. The van der Waals surface area contributed by atoms with Crippen LogP contribution >= 0.6 is 24.8 Å². The highest BCUT2D eigenvalue weighted by Gasteiger charge is 2.39. The van der Waals surface area contributed by atoms with Gasteiger partial charge in [-0.15, -0.1) is 24.8 Å². The van der Waals surface area contributed by atoms with Gasteiger partial charge >= 0.3 is 0 Å². The molecule has 1 aliphatic heterocycles. The van der Waals surface area contributed by atoms with Crippen molar-refractivity contribution in [2.75, 3.05) is 33.4 Å². The number of hydrogen-bond donors (Lipinski definition) is 2. The summed E-state index contributed by atoms with van der Waals surface area (Å²) in [5, 5.41) is 7.56. The van der Waals surface area contributed by atoms with Crippen LogP contribution in [0.4, 0.5) is 0 Å². The molecular weight excluding hydrogens is 373 g/mol. The Morgan fingerprint density at radius 1 is 1.23 bits per heavy atom. The van der Waals surface area contributed by atoms with Gasteiger partial charge in [-0.3, -0.25) is 9.78 Å². The third-order valence-electron chi connectivity index (χ3n) is 4.86. The highest BCUT2D eigenvalue weighted by Crippen LogP contribution is 2.29. The minimum absolute atomic E-state index is 0. The number of pyridine rings is 1. The first-order chi connectivity index (χ1) is 11.7. The zero-order chi connectivity index (χ0) is 16.8. The summed E-state index contributed by atoms with van der Waals surface area (Å²) in [4.78, 5) is 17.2. The number of methoxy groups -OCH3 is 1. The van der Waals surface area contributed by atoms with E-state index in [1.54, 1.807) is 7.11 Å². The fraction of sp³-hybridized carbons (Fsp3) is 0.474. The maximum absolute atomic E-state index is 12.7. The number of hydrogen-bond acceptors (Lipinski definition) is 4. The molecule has 2 heterocycles. The highest BCUT2D eigenvalue weighted by atomic mass is 35.5. The number of nitrogens with zero attached hydrogens (tertiary/aromatic N) is 1. The van der Waals surface area contributed by atoms with Gasteiger partial charge in [0.2, 0.25) is 5.91 Å². The lowest BCUT2D eigenvalue weighted by Crippen LogP contribution is -2.50. The summed E-state index contributed by atoms with van der Waals surface area (Å²) >= 11 is 0. The summed E-state index contributed by atoms with van der Waals surface area (Å²) in [5.74, 6) is 0.110. The summed E-state index contributed by atoms with van der Waals surface area (Å²) in [6.07, 6.45) is 4.24. The van der Waals surface area contributed by atoms with Crippen LogP contribution in [0.5, 0.6) is 0 Å². The van der Waals surface area contributed by atoms with Crippen molar-refractivity contribution in [1.29, 1.82) is 0 Å². The molecule has 7 heteroatoms. The first-order valence-electron chi connectivity index (χ1n) is 8.56. The first kappa shape index (κ1) is 22.6. The summed E-state index contributed by atoms with van der Waals surface area (Å²) < 4.78 is 5.33. The van der Waals surface area contributed by atoms with Crippen molar-refractivity contribution in [3.8, 4) is 0 Å². The number of carbonyl (C=O) groups excluding carboxylic acids is 1. The molecule has 1 saturated heterocycles. The molecule has 0 spiro atoms. The van der Waals surface area contributed by atoms with Gasteiger partial charge in [0.25, 0.3) is 0 Å². The maximum atomic E-state index is 12.7. The second-order valence-electron chi connectivity index (χ2n) is 6.46. The van der Waals surface area contributed by atoms with E-state index in [1.807, 2.05) is 18.3 Å². The fourth-order valence-electron chi connectivity index (χ4n) is 3.49. The standard InChI is InChI=1S/C19H25N3O2.2ClH/c1-24-14-19(8-12-20-13-9-19)18(23)22-11-7-16-5-2-4-15-6-3-10-21-17(15)16;;/h2-6,10,20H,7-9,11-14H2,1H3,(H,22,23);2*1H. The second-order valence-corrected chi connectivity index (χ2v) is 6.46. The third kappa shape index (κ3) is 5.07. The third-order valence-corrected chi connectivity index (χ3v) is 4.86. The molecule has 5 nitrogen and oxygen atoms in total. The highest BCUT2D eigenvalue weighted by molar-refractivity contribution is 5.86. The lowest BCUT2D eigenvalue weighted by Gasteiger charge is -2.35. The van der Waals surface area contributed by atoms with E-state index in [0.717, 1.165) is 43.3 Å². The SMILES string of the molecule is COCC1(C(=O)NCCc2cccc3cccnc23)CCNCC1.Cl.Cl. The molecule has 1 fully saturated rings. The smallest absolute Gasteiger partial charge is 0.228 e. The number of nitrogens with one attached hydrogen (secondary N) is 2. The Balaban J connectivity index is 0.00000169. The van der Waals surface area contributed by atoms with Gasteiger partial charge in [-0.1, -0.05) is 24.3 Å². The second kappa shape index (κ2) is 10.7. The van der Waals surface area contributed by atoms with E-state index < -0.39 is 5.41 Å². The molecule has 1 amide bonds. The van der Waals surface area contributed by atoms with Crippen molar-refractivity contribution >= 4 is 41.6 Å². The molecule has 1 aromatic heterocycles. The Kier molecular flexibility index (Phi) is 9.30. The number of aromatic nitrogens is 1. The molecular formula is C19H27Cl2N3O2. The van der Waals surface area contributed by atoms with Gasteiger partial charge in [-0.2, -0.15) is 0 Å². The van der Waals surface area contributed by atoms with Gasteiger partial charge in [0.05, 0.1) is 17.5 Å². The Morgan fingerprint density at radius 2 is 1.96 bits per heavy atom. The lowest BCUT2D eigenvalue weighted by molar-refractivity contribution is -0.136. The number of para-hydroxylation sites is 1. The number of amides is 1. The van der Waals surface area contributed by atoms with Crippen LogP contribution in [0.1, 0.15) is 18.4 Å². The molecule has 1 aliphatic rings. The predicted molar refractivity (Wildman–Crippen MR) is 109 cm³/mol. The molecule has 3 rings (SSSR count). The van der Waals surface area contributed by atoms with E-state index in [9.17, 15) is 4.79 Å². The molecule has 0 radical (unpaired) electrons. The van der Waals surface area contributed by atoms with E-state index in [2.05, 4.69) is 33.8 Å². The number of rotatable bonds is 6. The van der Waals surface area contributed by atoms with Crippen LogP contribution in [0.3, 0.4) is 0 Å². The molecule has 0 atom stereocenters. The van der Waals surface area contributed by atoms with Gasteiger partial charge in [0, 0.05) is 25.2 Å². The largest absolute Gasteiger partial charge is 0.384 e. The zero-order valence-electron chi connectivity index (χ0n) is 15.0. The maximum Gasteiger partial charge on any atom is 0.228 e. The lowest BCUT2D eigenvalue weighted by atomic mass is 9.78. The van der Waals surface area contributed by atoms with Crippen molar-refractivity contribution in [3.05, 3.63) is 42.1 Å². The molecule has 0 aliphatic carbocycles. The van der Waals surface area contributed by atoms with Crippen LogP contribution in [-0.4, -0.2) is 44.2 Å². The van der Waals surface area contributed by atoms with Crippen molar-refractivity contribution in [3.63, 3.8) is 0 Å². The molecule has 0 unspecified atom stereocenters. The van der Waals surface area contributed by atoms with Gasteiger partial charge in [-0.05, 0) is 44.0 Å². The van der Waals surface area contributed by atoms with E-state index in [-0.39, 0.29) is 30.7 Å². The van der Waals surface area contributed by atoms with Crippen molar-refractivity contribution in [1.82, 2.24) is 15.6 Å². The van der Waals surface area contributed by atoms with E-state index in [1.165, 1.54) is 5.56 Å². The monoisotopic (exact) mass is 399 g/mol. The van der Waals surface area contributed by atoms with Crippen LogP contribution in [0, 0.1) is 5.41 Å². The number of halogens is 2. The number of carbonyl (C=O) groups is 1. The van der Waals surface area contributed by atoms with Crippen LogP contribution < -0.4 is 10.6 Å². The van der Waals surface area contributed by atoms with Gasteiger partial charge < -0.3 is 15.4 Å². The average Bonchev–Trinajstić information content (AvgIpc) is 2.63. The minimum Gasteiger partial charge on any atom is -0.384 e. The quantitative estimate of drug-likeness (QED) is 0.783. The summed E-state index contributed by atoms with van der Waals surface area (Å²) in [5.41, 5.74) is 1.79. The molecule has 2 N–H and O–H groups in total. The number of ether oxygens (including phenoxy) is 1. The van der Waals surface area contributed by atoms with Crippen molar-refractivity contribution in [2.45, 2.75) is 19.3 Å². The Bertz CT molecular complexity index is 695. The minimum atomic E-state index is -0.392. The molecule has 2 aromatic rings. The van der Waals surface area contributed by atoms with Gasteiger partial charge in [-0.25, -0.2) is 0 Å². The molecule has 144 valence electrons. The summed E-state index contributed by atoms with van der Waals surface area (Å²) in [7, 11) is 1.67. The zero-order valence-corrected chi connectivity index (χ0v) is 16.6. The summed E-state index contributed by atoms with van der Waals surface area (Å²) in [6.45, 7) is 2.83. The normalized spacial score (nSPS) is 15.6. The van der Waals surface area contributed by atoms with E-state index in [4.69, 9.17) is 4.74 Å². The molecule has 0 saturated carbocycles. The fourth-order valence-corrected chi connectivity index (χ4v) is 3.49. The van der Waals surface area contributed by atoms with Crippen molar-refractivity contribution < 1.29 is 9.53 Å². The summed E-state index contributed by atoms with van der Waals surface area (Å²) in [6, 6.07) is 10.2. The topological polar surface area (TPSA) is 63.2 Å². The molecule has 0 bridgehead atoms.